The second-order valence-electron chi connectivity index (χ2n) is 4.38. The van der Waals surface area contributed by atoms with E-state index in [1.807, 2.05) is 38.1 Å². The lowest BCUT2D eigenvalue weighted by molar-refractivity contribution is -0.118. The Labute approximate surface area is 102 Å². The Bertz CT molecular complexity index is 387. The van der Waals surface area contributed by atoms with Crippen LogP contribution >= 0.6 is 0 Å². The van der Waals surface area contributed by atoms with E-state index in [1.54, 1.807) is 4.90 Å². The third-order valence-corrected chi connectivity index (χ3v) is 2.61. The first kappa shape index (κ1) is 11.9. The van der Waals surface area contributed by atoms with Gasteiger partial charge in [-0.25, -0.2) is 0 Å². The number of nitrogens with zero attached hydrogens (tertiary/aromatic N) is 1. The van der Waals surface area contributed by atoms with Gasteiger partial charge in [-0.15, -0.1) is 0 Å². The fourth-order valence-corrected chi connectivity index (χ4v) is 1.86. The number of hydrogen-bond acceptors (Lipinski definition) is 3. The molecule has 92 valence electrons. The summed E-state index contributed by atoms with van der Waals surface area (Å²) in [7, 11) is 0. The lowest BCUT2D eigenvalue weighted by atomic mass is 10.2. The molecule has 0 aromatic heterocycles. The van der Waals surface area contributed by atoms with Crippen molar-refractivity contribution in [3.05, 3.63) is 24.3 Å². The first-order chi connectivity index (χ1) is 8.16. The van der Waals surface area contributed by atoms with Crippen molar-refractivity contribution in [2.45, 2.75) is 20.0 Å². The normalized spacial score (nSPS) is 16.4. The van der Waals surface area contributed by atoms with Crippen molar-refractivity contribution in [2.24, 2.45) is 0 Å². The van der Waals surface area contributed by atoms with Gasteiger partial charge in [-0.2, -0.15) is 0 Å². The van der Waals surface area contributed by atoms with Crippen LogP contribution < -0.4 is 15.0 Å². The lowest BCUT2D eigenvalue weighted by Gasteiger charge is -2.27. The molecule has 4 heteroatoms. The Morgan fingerprint density at radius 1 is 1.29 bits per heavy atom. The number of rotatable bonds is 3. The number of nitrogens with one attached hydrogen (secondary N) is 1. The number of anilines is 1. The minimum Gasteiger partial charge on any atom is -0.491 e. The number of carbonyl (C=O) groups excluding carboxylic acids is 1. The predicted molar refractivity (Wildman–Crippen MR) is 67.4 cm³/mol. The summed E-state index contributed by atoms with van der Waals surface area (Å²) in [4.78, 5) is 13.5. The Morgan fingerprint density at radius 3 is 2.59 bits per heavy atom. The van der Waals surface area contributed by atoms with Gasteiger partial charge in [0.2, 0.25) is 5.91 Å². The highest BCUT2D eigenvalue weighted by Crippen LogP contribution is 2.20. The maximum atomic E-state index is 11.7. The van der Waals surface area contributed by atoms with Gasteiger partial charge in [0.15, 0.2) is 0 Å². The third-order valence-electron chi connectivity index (χ3n) is 2.61. The minimum atomic E-state index is 0.119. The molecular formula is C13H18N2O2. The molecule has 1 fully saturated rings. The SMILES string of the molecule is CC(C)Oc1ccc(N2CCNCC2=O)cc1. The van der Waals surface area contributed by atoms with Crippen molar-refractivity contribution in [3.63, 3.8) is 0 Å². The number of piperazine rings is 1. The van der Waals surface area contributed by atoms with Crippen LogP contribution in [0, 0.1) is 0 Å². The number of carbonyl (C=O) groups is 1. The zero-order chi connectivity index (χ0) is 12.3. The van der Waals surface area contributed by atoms with E-state index in [4.69, 9.17) is 4.74 Å². The molecule has 1 aromatic carbocycles. The standard InChI is InChI=1S/C13H18N2O2/c1-10(2)17-12-5-3-11(4-6-12)15-8-7-14-9-13(15)16/h3-6,10,14H,7-9H2,1-2H3. The molecule has 0 bridgehead atoms. The maximum absolute atomic E-state index is 11.7. The lowest BCUT2D eigenvalue weighted by Crippen LogP contribution is -2.48. The minimum absolute atomic E-state index is 0.119. The summed E-state index contributed by atoms with van der Waals surface area (Å²) < 4.78 is 5.57. The molecule has 1 aliphatic heterocycles. The van der Waals surface area contributed by atoms with Crippen LogP contribution in [-0.4, -0.2) is 31.6 Å². The highest BCUT2D eigenvalue weighted by Gasteiger charge is 2.18. The summed E-state index contributed by atoms with van der Waals surface area (Å²) in [6.07, 6.45) is 0.168. The molecule has 1 N–H and O–H groups in total. The largest absolute Gasteiger partial charge is 0.491 e. The number of amides is 1. The highest BCUT2D eigenvalue weighted by atomic mass is 16.5. The molecule has 0 radical (unpaired) electrons. The number of benzene rings is 1. The van der Waals surface area contributed by atoms with Crippen LogP contribution in [0.1, 0.15) is 13.8 Å². The van der Waals surface area contributed by atoms with Gasteiger partial charge in [-0.1, -0.05) is 0 Å². The molecule has 0 spiro atoms. The summed E-state index contributed by atoms with van der Waals surface area (Å²) in [6, 6.07) is 7.68. The van der Waals surface area contributed by atoms with Crippen LogP contribution in [0.3, 0.4) is 0 Å². The fraction of sp³-hybridized carbons (Fsp3) is 0.462. The van der Waals surface area contributed by atoms with Gasteiger partial charge in [-0.05, 0) is 38.1 Å². The Balaban J connectivity index is 2.08. The van der Waals surface area contributed by atoms with E-state index in [-0.39, 0.29) is 12.0 Å². The summed E-state index contributed by atoms with van der Waals surface area (Å²) in [5.74, 6) is 0.958. The molecule has 0 aliphatic carbocycles. The van der Waals surface area contributed by atoms with E-state index in [2.05, 4.69) is 5.32 Å². The molecule has 1 heterocycles. The molecule has 0 atom stereocenters. The second-order valence-corrected chi connectivity index (χ2v) is 4.38. The van der Waals surface area contributed by atoms with Gasteiger partial charge >= 0.3 is 0 Å². The predicted octanol–water partition coefficient (Wildman–Crippen LogP) is 1.41. The molecule has 17 heavy (non-hydrogen) atoms. The van der Waals surface area contributed by atoms with E-state index in [9.17, 15) is 4.79 Å². The van der Waals surface area contributed by atoms with Gasteiger partial charge in [0.25, 0.3) is 0 Å². The summed E-state index contributed by atoms with van der Waals surface area (Å²) in [5, 5.41) is 3.06. The summed E-state index contributed by atoms with van der Waals surface area (Å²) >= 11 is 0. The fourth-order valence-electron chi connectivity index (χ4n) is 1.86. The van der Waals surface area contributed by atoms with Crippen molar-refractivity contribution in [3.8, 4) is 5.75 Å². The highest BCUT2D eigenvalue weighted by molar-refractivity contribution is 5.95. The quantitative estimate of drug-likeness (QED) is 0.859. The second kappa shape index (κ2) is 5.19. The monoisotopic (exact) mass is 234 g/mol. The van der Waals surface area contributed by atoms with Crippen molar-refractivity contribution >= 4 is 11.6 Å². The molecular weight excluding hydrogens is 216 g/mol. The smallest absolute Gasteiger partial charge is 0.240 e. The van der Waals surface area contributed by atoms with Crippen LogP contribution in [0.2, 0.25) is 0 Å². The number of ether oxygens (including phenoxy) is 1. The Hall–Kier alpha value is -1.55. The average molecular weight is 234 g/mol. The zero-order valence-corrected chi connectivity index (χ0v) is 10.3. The average Bonchev–Trinajstić information content (AvgIpc) is 2.30. The van der Waals surface area contributed by atoms with E-state index >= 15 is 0 Å². The Morgan fingerprint density at radius 2 is 2.00 bits per heavy atom. The summed E-state index contributed by atoms with van der Waals surface area (Å²) in [6.45, 7) is 5.98. The first-order valence-corrected chi connectivity index (χ1v) is 5.94. The van der Waals surface area contributed by atoms with Gasteiger partial charge in [-0.3, -0.25) is 4.79 Å². The van der Waals surface area contributed by atoms with Gasteiger partial charge in [0.05, 0.1) is 12.6 Å². The first-order valence-electron chi connectivity index (χ1n) is 5.94. The van der Waals surface area contributed by atoms with E-state index in [0.717, 1.165) is 24.5 Å². The molecule has 1 saturated heterocycles. The molecule has 0 saturated carbocycles. The van der Waals surface area contributed by atoms with Crippen LogP contribution in [0.5, 0.6) is 5.75 Å². The topological polar surface area (TPSA) is 41.6 Å². The third kappa shape index (κ3) is 2.97. The molecule has 2 rings (SSSR count). The van der Waals surface area contributed by atoms with Crippen LogP contribution in [0.25, 0.3) is 0 Å². The summed E-state index contributed by atoms with van der Waals surface area (Å²) in [5.41, 5.74) is 0.938. The van der Waals surface area contributed by atoms with Gasteiger partial charge in [0.1, 0.15) is 5.75 Å². The number of hydrogen-bond donors (Lipinski definition) is 1. The maximum Gasteiger partial charge on any atom is 0.240 e. The van der Waals surface area contributed by atoms with Crippen molar-refractivity contribution < 1.29 is 9.53 Å². The van der Waals surface area contributed by atoms with Crippen molar-refractivity contribution in [2.75, 3.05) is 24.5 Å². The molecule has 1 aromatic rings. The van der Waals surface area contributed by atoms with Crippen LogP contribution in [-0.2, 0) is 4.79 Å². The Kier molecular flexibility index (Phi) is 3.64. The molecule has 0 unspecified atom stereocenters. The van der Waals surface area contributed by atoms with Gasteiger partial charge in [0, 0.05) is 18.8 Å². The van der Waals surface area contributed by atoms with Crippen molar-refractivity contribution in [1.29, 1.82) is 0 Å². The van der Waals surface area contributed by atoms with Crippen LogP contribution in [0.4, 0.5) is 5.69 Å². The van der Waals surface area contributed by atoms with E-state index < -0.39 is 0 Å². The van der Waals surface area contributed by atoms with E-state index in [1.165, 1.54) is 0 Å². The molecule has 4 nitrogen and oxygen atoms in total. The molecule has 1 aliphatic rings. The van der Waals surface area contributed by atoms with Gasteiger partial charge < -0.3 is 15.0 Å². The molecule has 1 amide bonds. The van der Waals surface area contributed by atoms with Crippen molar-refractivity contribution in [1.82, 2.24) is 5.32 Å². The zero-order valence-electron chi connectivity index (χ0n) is 10.3. The van der Waals surface area contributed by atoms with Crippen LogP contribution in [0.15, 0.2) is 24.3 Å². The van der Waals surface area contributed by atoms with E-state index in [0.29, 0.717) is 6.54 Å².